The van der Waals surface area contributed by atoms with Gasteiger partial charge >= 0.3 is 0 Å². The minimum Gasteiger partial charge on any atom is -0.374 e. The number of nitrogen functional groups attached to an aromatic ring is 1. The van der Waals surface area contributed by atoms with Gasteiger partial charge in [-0.05, 0) is 33.7 Å². The van der Waals surface area contributed by atoms with Crippen molar-refractivity contribution in [2.24, 2.45) is 5.84 Å². The van der Waals surface area contributed by atoms with Crippen LogP contribution in [0.4, 0.5) is 11.6 Å². The van der Waals surface area contributed by atoms with Crippen LogP contribution in [0.5, 0.6) is 0 Å². The second kappa shape index (κ2) is 7.53. The fourth-order valence-corrected chi connectivity index (χ4v) is 2.53. The standard InChI is InChI=1S/C14H26N6O/c1-4-21-9-14-17-12(8-13(18-14)19-15)16-11-5-6-20(3)10(2)7-11/h8,10-11H,4-7,9,15H2,1-3H3,(H2,16,17,18,19). The second-order valence-corrected chi connectivity index (χ2v) is 5.53. The van der Waals surface area contributed by atoms with Crippen LogP contribution in [0, 0.1) is 0 Å². The van der Waals surface area contributed by atoms with Crippen LogP contribution >= 0.6 is 0 Å². The van der Waals surface area contributed by atoms with Crippen molar-refractivity contribution in [1.82, 2.24) is 14.9 Å². The van der Waals surface area contributed by atoms with Gasteiger partial charge in [-0.3, -0.25) is 0 Å². The Labute approximate surface area is 126 Å². The number of piperidine rings is 1. The van der Waals surface area contributed by atoms with Gasteiger partial charge in [0.2, 0.25) is 0 Å². The molecule has 4 N–H and O–H groups in total. The summed E-state index contributed by atoms with van der Waals surface area (Å²) in [4.78, 5) is 11.2. The molecule has 7 nitrogen and oxygen atoms in total. The SMILES string of the molecule is CCOCc1nc(NN)cc(NC2CCN(C)C(C)C2)n1. The van der Waals surface area contributed by atoms with Gasteiger partial charge in [-0.1, -0.05) is 0 Å². The highest BCUT2D eigenvalue weighted by Crippen LogP contribution is 2.20. The number of nitrogens with one attached hydrogen (secondary N) is 2. The molecule has 1 aliphatic rings. The fourth-order valence-electron chi connectivity index (χ4n) is 2.53. The molecule has 2 rings (SSSR count). The Bertz CT molecular complexity index is 455. The smallest absolute Gasteiger partial charge is 0.158 e. The first-order valence-corrected chi connectivity index (χ1v) is 7.51. The van der Waals surface area contributed by atoms with Crippen LogP contribution in [-0.2, 0) is 11.3 Å². The Hall–Kier alpha value is -1.44. The largest absolute Gasteiger partial charge is 0.374 e. The number of nitrogens with zero attached hydrogens (tertiary/aromatic N) is 3. The van der Waals surface area contributed by atoms with Crippen molar-refractivity contribution in [2.75, 3.05) is 30.9 Å². The fraction of sp³-hybridized carbons (Fsp3) is 0.714. The van der Waals surface area contributed by atoms with E-state index in [4.69, 9.17) is 10.6 Å². The molecule has 118 valence electrons. The number of aromatic nitrogens is 2. The quantitative estimate of drug-likeness (QED) is 0.536. The van der Waals surface area contributed by atoms with Crippen LogP contribution in [0.1, 0.15) is 32.5 Å². The molecule has 1 aromatic rings. The Morgan fingerprint density at radius 2 is 2.19 bits per heavy atom. The van der Waals surface area contributed by atoms with Crippen LogP contribution in [0.3, 0.4) is 0 Å². The summed E-state index contributed by atoms with van der Waals surface area (Å²) in [6.07, 6.45) is 2.21. The van der Waals surface area contributed by atoms with Gasteiger partial charge in [-0.25, -0.2) is 15.8 Å². The van der Waals surface area contributed by atoms with E-state index in [2.05, 4.69) is 39.6 Å². The van der Waals surface area contributed by atoms with Crippen molar-refractivity contribution < 1.29 is 4.74 Å². The average Bonchev–Trinajstić information content (AvgIpc) is 2.48. The molecule has 1 aromatic heterocycles. The Morgan fingerprint density at radius 1 is 1.43 bits per heavy atom. The van der Waals surface area contributed by atoms with E-state index in [0.29, 0.717) is 36.9 Å². The topological polar surface area (TPSA) is 88.3 Å². The summed E-state index contributed by atoms with van der Waals surface area (Å²) in [7, 11) is 2.17. The molecule has 0 amide bonds. The lowest BCUT2D eigenvalue weighted by atomic mass is 9.99. The number of hydrogen-bond donors (Lipinski definition) is 3. The van der Waals surface area contributed by atoms with Gasteiger partial charge in [0, 0.05) is 31.3 Å². The number of rotatable bonds is 6. The zero-order valence-corrected chi connectivity index (χ0v) is 13.1. The van der Waals surface area contributed by atoms with E-state index in [-0.39, 0.29) is 0 Å². The van der Waals surface area contributed by atoms with Crippen LogP contribution < -0.4 is 16.6 Å². The molecule has 2 heterocycles. The molecule has 7 heteroatoms. The summed E-state index contributed by atoms with van der Waals surface area (Å²) in [6.45, 7) is 6.33. The number of hydrogen-bond acceptors (Lipinski definition) is 7. The van der Waals surface area contributed by atoms with Crippen LogP contribution in [0.15, 0.2) is 6.07 Å². The van der Waals surface area contributed by atoms with Gasteiger partial charge in [0.25, 0.3) is 0 Å². The molecule has 1 fully saturated rings. The van der Waals surface area contributed by atoms with Gasteiger partial charge in [-0.2, -0.15) is 0 Å². The summed E-state index contributed by atoms with van der Waals surface area (Å²) in [6, 6.07) is 2.84. The van der Waals surface area contributed by atoms with Crippen LogP contribution in [0.25, 0.3) is 0 Å². The minimum atomic E-state index is 0.393. The number of nitrogens with two attached hydrogens (primary N) is 1. The predicted octanol–water partition coefficient (Wildman–Crippen LogP) is 1.19. The molecule has 1 aliphatic heterocycles. The lowest BCUT2D eigenvalue weighted by molar-refractivity contribution is 0.128. The normalized spacial score (nSPS) is 23.0. The Morgan fingerprint density at radius 3 is 2.86 bits per heavy atom. The monoisotopic (exact) mass is 294 g/mol. The van der Waals surface area contributed by atoms with Gasteiger partial charge in [-0.15, -0.1) is 0 Å². The van der Waals surface area contributed by atoms with Crippen molar-refractivity contribution in [2.45, 2.75) is 45.4 Å². The van der Waals surface area contributed by atoms with E-state index >= 15 is 0 Å². The Balaban J connectivity index is 2.04. The molecule has 2 atom stereocenters. The molecular formula is C14H26N6O. The lowest BCUT2D eigenvalue weighted by Crippen LogP contribution is -2.42. The number of hydrazine groups is 1. The highest BCUT2D eigenvalue weighted by Gasteiger charge is 2.23. The number of ether oxygens (including phenoxy) is 1. The first-order valence-electron chi connectivity index (χ1n) is 7.51. The summed E-state index contributed by atoms with van der Waals surface area (Å²) in [5.74, 6) is 7.51. The first-order chi connectivity index (χ1) is 10.1. The van der Waals surface area contributed by atoms with Gasteiger partial charge in [0.15, 0.2) is 5.82 Å². The van der Waals surface area contributed by atoms with Crippen molar-refractivity contribution in [3.8, 4) is 0 Å². The first kappa shape index (κ1) is 15.9. The van der Waals surface area contributed by atoms with E-state index in [1.807, 2.05) is 13.0 Å². The van der Waals surface area contributed by atoms with E-state index < -0.39 is 0 Å². The average molecular weight is 294 g/mol. The molecule has 2 unspecified atom stereocenters. The zero-order chi connectivity index (χ0) is 15.2. The van der Waals surface area contributed by atoms with E-state index in [1.54, 1.807) is 0 Å². The molecule has 0 spiro atoms. The number of likely N-dealkylation sites (tertiary alicyclic amines) is 1. The molecule has 0 bridgehead atoms. The summed E-state index contributed by atoms with van der Waals surface area (Å²) in [5, 5.41) is 3.49. The second-order valence-electron chi connectivity index (χ2n) is 5.53. The maximum Gasteiger partial charge on any atom is 0.158 e. The third kappa shape index (κ3) is 4.52. The van der Waals surface area contributed by atoms with Gasteiger partial charge in [0.05, 0.1) is 0 Å². The third-order valence-corrected chi connectivity index (χ3v) is 3.92. The molecule has 0 saturated carbocycles. The molecular weight excluding hydrogens is 268 g/mol. The van der Waals surface area contributed by atoms with Crippen LogP contribution in [0.2, 0.25) is 0 Å². The number of anilines is 2. The van der Waals surface area contributed by atoms with Crippen LogP contribution in [-0.4, -0.2) is 47.2 Å². The molecule has 21 heavy (non-hydrogen) atoms. The third-order valence-electron chi connectivity index (χ3n) is 3.92. The van der Waals surface area contributed by atoms with Crippen molar-refractivity contribution in [1.29, 1.82) is 0 Å². The van der Waals surface area contributed by atoms with Gasteiger partial charge < -0.3 is 20.4 Å². The molecule has 0 radical (unpaired) electrons. The van der Waals surface area contributed by atoms with E-state index in [1.165, 1.54) is 0 Å². The van der Waals surface area contributed by atoms with E-state index in [0.717, 1.165) is 25.2 Å². The zero-order valence-electron chi connectivity index (χ0n) is 13.1. The Kier molecular flexibility index (Phi) is 5.72. The van der Waals surface area contributed by atoms with Crippen molar-refractivity contribution in [3.63, 3.8) is 0 Å². The van der Waals surface area contributed by atoms with Crippen molar-refractivity contribution in [3.05, 3.63) is 11.9 Å². The highest BCUT2D eigenvalue weighted by molar-refractivity contribution is 5.47. The van der Waals surface area contributed by atoms with Crippen molar-refractivity contribution >= 4 is 11.6 Å². The molecule has 1 saturated heterocycles. The molecule has 0 aliphatic carbocycles. The lowest BCUT2D eigenvalue weighted by Gasteiger charge is -2.35. The summed E-state index contributed by atoms with van der Waals surface area (Å²) >= 11 is 0. The van der Waals surface area contributed by atoms with Gasteiger partial charge in [0.1, 0.15) is 18.2 Å². The highest BCUT2D eigenvalue weighted by atomic mass is 16.5. The minimum absolute atomic E-state index is 0.393. The molecule has 0 aromatic carbocycles. The summed E-state index contributed by atoms with van der Waals surface area (Å²) in [5.41, 5.74) is 2.58. The summed E-state index contributed by atoms with van der Waals surface area (Å²) < 4.78 is 5.37. The van der Waals surface area contributed by atoms with E-state index in [9.17, 15) is 0 Å². The predicted molar refractivity (Wildman–Crippen MR) is 83.9 cm³/mol. The maximum absolute atomic E-state index is 5.47. The maximum atomic E-state index is 5.47.